The highest BCUT2D eigenvalue weighted by atomic mass is 16.5. The largest absolute Gasteiger partial charge is 0.374 e. The van der Waals surface area contributed by atoms with Gasteiger partial charge in [-0.15, -0.1) is 10.2 Å². The van der Waals surface area contributed by atoms with Gasteiger partial charge in [-0.3, -0.25) is 9.89 Å². The van der Waals surface area contributed by atoms with Crippen LogP contribution in [0.5, 0.6) is 0 Å². The predicted octanol–water partition coefficient (Wildman–Crippen LogP) is 0.246. The Bertz CT molecular complexity index is 584. The van der Waals surface area contributed by atoms with Crippen LogP contribution in [-0.2, 0) is 24.2 Å². The molecule has 3 heterocycles. The van der Waals surface area contributed by atoms with E-state index in [0.29, 0.717) is 12.5 Å². The topological polar surface area (TPSA) is 79.6 Å². The molecule has 1 atom stereocenters. The molecular weight excluding hydrogens is 318 g/mol. The van der Waals surface area contributed by atoms with Crippen molar-refractivity contribution in [3.05, 3.63) is 11.6 Å². The lowest BCUT2D eigenvalue weighted by molar-refractivity contribution is -0.0284. The van der Waals surface area contributed by atoms with Gasteiger partial charge in [0.15, 0.2) is 11.8 Å². The van der Waals surface area contributed by atoms with Crippen LogP contribution >= 0.6 is 0 Å². The highest BCUT2D eigenvalue weighted by Gasteiger charge is 2.21. The van der Waals surface area contributed by atoms with E-state index in [1.807, 2.05) is 0 Å². The molecule has 0 saturated carbocycles. The zero-order valence-corrected chi connectivity index (χ0v) is 15.7. The molecule has 2 aliphatic rings. The Morgan fingerprint density at radius 2 is 2.20 bits per heavy atom. The number of nitrogens with one attached hydrogen (secondary N) is 2. The number of nitrogens with zero attached hydrogens (tertiary/aromatic N) is 5. The molecule has 8 heteroatoms. The minimum absolute atomic E-state index is 0.198. The van der Waals surface area contributed by atoms with Crippen molar-refractivity contribution < 1.29 is 4.74 Å². The van der Waals surface area contributed by atoms with E-state index in [4.69, 9.17) is 4.74 Å². The number of ether oxygens (including phenoxy) is 1. The fourth-order valence-corrected chi connectivity index (χ4v) is 3.52. The summed E-state index contributed by atoms with van der Waals surface area (Å²) in [6.07, 6.45) is 2.39. The van der Waals surface area contributed by atoms with Gasteiger partial charge in [0.2, 0.25) is 0 Å². The summed E-state index contributed by atoms with van der Waals surface area (Å²) in [4.78, 5) is 6.78. The van der Waals surface area contributed by atoms with Gasteiger partial charge in [-0.05, 0) is 12.3 Å². The second-order valence-electron chi connectivity index (χ2n) is 7.24. The normalized spacial score (nSPS) is 21.6. The average molecular weight is 349 g/mol. The van der Waals surface area contributed by atoms with Crippen LogP contribution in [0.15, 0.2) is 4.99 Å². The lowest BCUT2D eigenvalue weighted by Crippen LogP contribution is -2.50. The van der Waals surface area contributed by atoms with E-state index in [9.17, 15) is 0 Å². The van der Waals surface area contributed by atoms with E-state index in [-0.39, 0.29) is 6.10 Å². The van der Waals surface area contributed by atoms with Gasteiger partial charge in [0, 0.05) is 46.2 Å². The van der Waals surface area contributed by atoms with Crippen molar-refractivity contribution in [3.63, 3.8) is 0 Å². The summed E-state index contributed by atoms with van der Waals surface area (Å²) in [6.45, 7) is 10.9. The van der Waals surface area contributed by atoms with E-state index in [1.165, 1.54) is 0 Å². The Balaban J connectivity index is 1.43. The Labute approximate surface area is 150 Å². The molecule has 25 heavy (non-hydrogen) atoms. The van der Waals surface area contributed by atoms with Gasteiger partial charge in [-0.2, -0.15) is 0 Å². The average Bonchev–Trinajstić information content (AvgIpc) is 3.19. The Hall–Kier alpha value is -1.67. The van der Waals surface area contributed by atoms with Crippen molar-refractivity contribution in [1.82, 2.24) is 30.3 Å². The third-order valence-electron chi connectivity index (χ3n) is 4.67. The molecule has 1 saturated heterocycles. The summed E-state index contributed by atoms with van der Waals surface area (Å²) >= 11 is 0. The molecule has 2 N–H and O–H groups in total. The predicted molar refractivity (Wildman–Crippen MR) is 97.6 cm³/mol. The molecule has 1 unspecified atom stereocenters. The smallest absolute Gasteiger partial charge is 0.191 e. The molecule has 0 amide bonds. The zero-order chi connectivity index (χ0) is 17.6. The minimum Gasteiger partial charge on any atom is -0.374 e. The SMILES string of the molecule is CN=C(NCc1nnc2n1CCC2)NCC1CN(CC(C)C)CCO1. The Kier molecular flexibility index (Phi) is 6.25. The van der Waals surface area contributed by atoms with E-state index in [0.717, 1.165) is 69.8 Å². The Morgan fingerprint density at radius 3 is 3.00 bits per heavy atom. The standard InChI is InChI=1S/C17H31N7O/c1-13(2)11-23-7-8-25-14(12-23)9-19-17(18-3)20-10-16-22-21-15-5-4-6-24(15)16/h13-14H,4-12H2,1-3H3,(H2,18,19,20). The summed E-state index contributed by atoms with van der Waals surface area (Å²) in [5.41, 5.74) is 0. The maximum atomic E-state index is 5.88. The second kappa shape index (κ2) is 8.62. The van der Waals surface area contributed by atoms with Crippen LogP contribution in [0.4, 0.5) is 0 Å². The molecule has 1 aromatic rings. The molecule has 1 aromatic heterocycles. The summed E-state index contributed by atoms with van der Waals surface area (Å²) in [7, 11) is 1.79. The van der Waals surface area contributed by atoms with Crippen LogP contribution in [-0.4, -0.2) is 71.6 Å². The minimum atomic E-state index is 0.198. The number of hydrogen-bond acceptors (Lipinski definition) is 5. The summed E-state index contributed by atoms with van der Waals surface area (Å²) in [6, 6.07) is 0. The van der Waals surface area contributed by atoms with Crippen molar-refractivity contribution in [3.8, 4) is 0 Å². The van der Waals surface area contributed by atoms with Gasteiger partial charge in [-0.1, -0.05) is 13.8 Å². The first kappa shape index (κ1) is 18.1. The van der Waals surface area contributed by atoms with Crippen molar-refractivity contribution in [1.29, 1.82) is 0 Å². The van der Waals surface area contributed by atoms with Crippen LogP contribution in [0.2, 0.25) is 0 Å². The van der Waals surface area contributed by atoms with Crippen LogP contribution in [0.25, 0.3) is 0 Å². The molecule has 140 valence electrons. The summed E-state index contributed by atoms with van der Waals surface area (Å²) < 4.78 is 8.08. The fourth-order valence-electron chi connectivity index (χ4n) is 3.52. The lowest BCUT2D eigenvalue weighted by Gasteiger charge is -2.34. The third kappa shape index (κ3) is 4.92. The van der Waals surface area contributed by atoms with Gasteiger partial charge < -0.3 is 19.9 Å². The number of aromatic nitrogens is 3. The summed E-state index contributed by atoms with van der Waals surface area (Å²) in [5.74, 6) is 3.54. The maximum absolute atomic E-state index is 5.88. The van der Waals surface area contributed by atoms with Gasteiger partial charge in [0.05, 0.1) is 19.3 Å². The number of fused-ring (bicyclic) bond motifs is 1. The lowest BCUT2D eigenvalue weighted by atomic mass is 10.2. The molecular formula is C17H31N7O. The highest BCUT2D eigenvalue weighted by Crippen LogP contribution is 2.13. The first-order valence-corrected chi connectivity index (χ1v) is 9.35. The zero-order valence-electron chi connectivity index (χ0n) is 15.7. The van der Waals surface area contributed by atoms with Gasteiger partial charge in [0.1, 0.15) is 5.82 Å². The van der Waals surface area contributed by atoms with Crippen molar-refractivity contribution in [2.24, 2.45) is 10.9 Å². The molecule has 0 spiro atoms. The number of guanidine groups is 1. The molecule has 0 radical (unpaired) electrons. The number of rotatable bonds is 6. The number of aryl methyl sites for hydroxylation is 1. The molecule has 3 rings (SSSR count). The highest BCUT2D eigenvalue weighted by molar-refractivity contribution is 5.79. The van der Waals surface area contributed by atoms with Gasteiger partial charge >= 0.3 is 0 Å². The second-order valence-corrected chi connectivity index (χ2v) is 7.24. The first-order valence-electron chi connectivity index (χ1n) is 9.35. The third-order valence-corrected chi connectivity index (χ3v) is 4.67. The molecule has 1 fully saturated rings. The molecule has 0 aromatic carbocycles. The van der Waals surface area contributed by atoms with E-state index < -0.39 is 0 Å². The fraction of sp³-hybridized carbons (Fsp3) is 0.824. The number of aliphatic imine (C=N–C) groups is 1. The van der Waals surface area contributed by atoms with Crippen molar-refractivity contribution in [2.75, 3.05) is 39.8 Å². The molecule has 0 aliphatic carbocycles. The Morgan fingerprint density at radius 1 is 1.32 bits per heavy atom. The van der Waals surface area contributed by atoms with E-state index in [1.54, 1.807) is 7.05 Å². The van der Waals surface area contributed by atoms with E-state index in [2.05, 4.69) is 49.1 Å². The monoisotopic (exact) mass is 349 g/mol. The van der Waals surface area contributed by atoms with Gasteiger partial charge in [-0.25, -0.2) is 0 Å². The number of hydrogen-bond donors (Lipinski definition) is 2. The summed E-state index contributed by atoms with van der Waals surface area (Å²) in [5, 5.41) is 15.2. The maximum Gasteiger partial charge on any atom is 0.191 e. The quantitative estimate of drug-likeness (QED) is 0.566. The molecule has 8 nitrogen and oxygen atoms in total. The van der Waals surface area contributed by atoms with Crippen LogP contribution < -0.4 is 10.6 Å². The van der Waals surface area contributed by atoms with Crippen LogP contribution in [0.1, 0.15) is 31.9 Å². The van der Waals surface area contributed by atoms with Gasteiger partial charge in [0.25, 0.3) is 0 Å². The molecule has 0 bridgehead atoms. The van der Waals surface area contributed by atoms with Crippen LogP contribution in [0.3, 0.4) is 0 Å². The first-order chi connectivity index (χ1) is 12.2. The van der Waals surface area contributed by atoms with Crippen molar-refractivity contribution >= 4 is 5.96 Å². The van der Waals surface area contributed by atoms with Crippen molar-refractivity contribution in [2.45, 2.75) is 45.9 Å². The molecule has 2 aliphatic heterocycles. The number of morpholine rings is 1. The van der Waals surface area contributed by atoms with E-state index >= 15 is 0 Å². The van der Waals surface area contributed by atoms with Crippen LogP contribution in [0, 0.1) is 5.92 Å².